The van der Waals surface area contributed by atoms with Crippen LogP contribution in [-0.4, -0.2) is 24.4 Å². The highest BCUT2D eigenvalue weighted by Crippen LogP contribution is 2.62. The Morgan fingerprint density at radius 2 is 1.40 bits per heavy atom. The van der Waals surface area contributed by atoms with Crippen molar-refractivity contribution in [2.24, 2.45) is 11.8 Å². The van der Waals surface area contributed by atoms with Crippen molar-refractivity contribution in [2.45, 2.75) is 44.4 Å². The average molecular weight is 484 g/mol. The maximum atomic E-state index is 14.2. The second-order valence-electron chi connectivity index (χ2n) is 9.89. The number of thiophene rings is 1. The molecule has 176 valence electrons. The van der Waals surface area contributed by atoms with E-state index >= 15 is 0 Å². The van der Waals surface area contributed by atoms with Crippen molar-refractivity contribution >= 4 is 34.1 Å². The molecule has 8 rings (SSSR count). The molecule has 5 nitrogen and oxygen atoms in total. The fourth-order valence-electron chi connectivity index (χ4n) is 7.00. The molecule has 6 heteroatoms. The Morgan fingerprint density at radius 1 is 0.886 bits per heavy atom. The number of benzene rings is 2. The molecule has 0 unspecified atom stereocenters. The number of imide groups is 1. The Morgan fingerprint density at radius 3 is 1.91 bits per heavy atom. The molecule has 1 aliphatic heterocycles. The monoisotopic (exact) mass is 483 g/mol. The van der Waals surface area contributed by atoms with Crippen molar-refractivity contribution in [3.63, 3.8) is 0 Å². The summed E-state index contributed by atoms with van der Waals surface area (Å²) in [6, 6.07) is 16.5. The van der Waals surface area contributed by atoms with Crippen LogP contribution in [0, 0.1) is 11.8 Å². The zero-order valence-corrected chi connectivity index (χ0v) is 20.3. The highest BCUT2D eigenvalue weighted by molar-refractivity contribution is 7.17. The standard InChI is InChI=1S/C29H25NO4S/c1-2-34-29(33)23-19-13-7-8-14-20(19)35-28(23)30-26(31)24-21-15-9-3-4-10-16(15)22(25(24)27(30)32)18-12-6-5-11-17(18)21/h3-6,9-12,21-22,24-25H,2,7-8,13-14H2,1H3/t21?,22?,24-,25-/m1/s1. The van der Waals surface area contributed by atoms with Crippen LogP contribution in [0.2, 0.25) is 0 Å². The number of hydrogen-bond acceptors (Lipinski definition) is 5. The summed E-state index contributed by atoms with van der Waals surface area (Å²) in [5.41, 5.74) is 6.01. The molecular weight excluding hydrogens is 458 g/mol. The first-order valence-corrected chi connectivity index (χ1v) is 13.3. The number of carbonyl (C=O) groups excluding carboxylic acids is 3. The average Bonchev–Trinajstić information content (AvgIpc) is 3.39. The SMILES string of the molecule is CCOC(=O)c1c(N2C(=O)[C@@H]3C4c5ccccc5C(c5ccccc54)[C@H]3C2=O)sc2c1CCCC2. The first kappa shape index (κ1) is 21.1. The van der Waals surface area contributed by atoms with E-state index in [4.69, 9.17) is 4.74 Å². The van der Waals surface area contributed by atoms with E-state index in [9.17, 15) is 14.4 Å². The molecule has 2 heterocycles. The van der Waals surface area contributed by atoms with Gasteiger partial charge in [0, 0.05) is 16.7 Å². The quantitative estimate of drug-likeness (QED) is 0.379. The molecule has 0 spiro atoms. The number of fused-ring (bicyclic) bond motifs is 1. The lowest BCUT2D eigenvalue weighted by Gasteiger charge is -2.45. The summed E-state index contributed by atoms with van der Waals surface area (Å²) in [5, 5.41) is 0.479. The van der Waals surface area contributed by atoms with Crippen molar-refractivity contribution in [3.05, 3.63) is 86.8 Å². The zero-order chi connectivity index (χ0) is 23.8. The zero-order valence-electron chi connectivity index (χ0n) is 19.5. The number of amides is 2. The van der Waals surface area contributed by atoms with Gasteiger partial charge >= 0.3 is 5.97 Å². The lowest BCUT2D eigenvalue weighted by Crippen LogP contribution is -2.41. The molecule has 2 bridgehead atoms. The minimum absolute atomic E-state index is 0.153. The van der Waals surface area contributed by atoms with Gasteiger partial charge < -0.3 is 4.74 Å². The maximum absolute atomic E-state index is 14.2. The molecule has 2 amide bonds. The van der Waals surface area contributed by atoms with Crippen LogP contribution in [0.25, 0.3) is 0 Å². The summed E-state index contributed by atoms with van der Waals surface area (Å²) in [6.45, 7) is 2.04. The maximum Gasteiger partial charge on any atom is 0.341 e. The smallest absolute Gasteiger partial charge is 0.341 e. The molecule has 1 saturated heterocycles. The fourth-order valence-corrected chi connectivity index (χ4v) is 8.39. The van der Waals surface area contributed by atoms with Gasteiger partial charge in [-0.2, -0.15) is 0 Å². The highest BCUT2D eigenvalue weighted by atomic mass is 32.1. The second-order valence-corrected chi connectivity index (χ2v) is 11.0. The van der Waals surface area contributed by atoms with Crippen molar-refractivity contribution < 1.29 is 19.1 Å². The summed E-state index contributed by atoms with van der Waals surface area (Å²) in [7, 11) is 0. The number of ether oxygens (including phenoxy) is 1. The minimum atomic E-state index is -0.452. The molecule has 5 aliphatic rings. The van der Waals surface area contributed by atoms with Gasteiger partial charge in [-0.3, -0.25) is 9.59 Å². The number of anilines is 1. The van der Waals surface area contributed by atoms with Gasteiger partial charge in [-0.15, -0.1) is 11.3 Å². The van der Waals surface area contributed by atoms with Crippen LogP contribution >= 0.6 is 11.3 Å². The van der Waals surface area contributed by atoms with Crippen molar-refractivity contribution in [1.29, 1.82) is 0 Å². The van der Waals surface area contributed by atoms with E-state index in [-0.39, 0.29) is 30.3 Å². The van der Waals surface area contributed by atoms with Crippen LogP contribution in [0.4, 0.5) is 5.00 Å². The van der Waals surface area contributed by atoms with Crippen LogP contribution in [0.15, 0.2) is 48.5 Å². The van der Waals surface area contributed by atoms with E-state index in [0.717, 1.165) is 58.4 Å². The van der Waals surface area contributed by atoms with Crippen molar-refractivity contribution in [3.8, 4) is 0 Å². The van der Waals surface area contributed by atoms with Gasteiger partial charge in [0.2, 0.25) is 11.8 Å². The van der Waals surface area contributed by atoms with Crippen LogP contribution in [0.3, 0.4) is 0 Å². The van der Waals surface area contributed by atoms with Gasteiger partial charge in [0.05, 0.1) is 24.0 Å². The van der Waals surface area contributed by atoms with Gasteiger partial charge in [-0.05, 0) is 60.4 Å². The number of nitrogens with zero attached hydrogens (tertiary/aromatic N) is 1. The van der Waals surface area contributed by atoms with Gasteiger partial charge in [0.15, 0.2) is 0 Å². The molecule has 4 aliphatic carbocycles. The largest absolute Gasteiger partial charge is 0.462 e. The summed E-state index contributed by atoms with van der Waals surface area (Å²) < 4.78 is 5.42. The molecule has 2 aromatic carbocycles. The number of aryl methyl sites for hydroxylation is 1. The van der Waals surface area contributed by atoms with Crippen molar-refractivity contribution in [1.82, 2.24) is 0 Å². The third-order valence-corrected chi connectivity index (χ3v) is 9.56. The first-order valence-electron chi connectivity index (χ1n) is 12.5. The topological polar surface area (TPSA) is 63.7 Å². The lowest BCUT2D eigenvalue weighted by molar-refractivity contribution is -0.122. The van der Waals surface area contributed by atoms with E-state index in [1.165, 1.54) is 16.2 Å². The summed E-state index contributed by atoms with van der Waals surface area (Å²) in [5.74, 6) is -1.99. The molecule has 2 atom stereocenters. The molecule has 1 aromatic heterocycles. The van der Waals surface area contributed by atoms with Crippen LogP contribution in [0.5, 0.6) is 0 Å². The molecular formula is C29H25NO4S. The molecule has 0 N–H and O–H groups in total. The first-order chi connectivity index (χ1) is 17.1. The number of carbonyl (C=O) groups is 3. The van der Waals surface area contributed by atoms with Gasteiger partial charge in [-0.25, -0.2) is 9.69 Å². The summed E-state index contributed by atoms with van der Waals surface area (Å²) in [4.78, 5) is 43.9. The molecule has 3 aromatic rings. The highest BCUT2D eigenvalue weighted by Gasteiger charge is 2.62. The number of esters is 1. The Hall–Kier alpha value is -3.25. The van der Waals surface area contributed by atoms with E-state index in [1.54, 1.807) is 6.92 Å². The van der Waals surface area contributed by atoms with Gasteiger partial charge in [-0.1, -0.05) is 48.5 Å². The third-order valence-electron chi connectivity index (χ3n) is 8.28. The Balaban J connectivity index is 1.41. The van der Waals surface area contributed by atoms with E-state index in [2.05, 4.69) is 24.3 Å². The molecule has 1 fully saturated rings. The number of hydrogen-bond donors (Lipinski definition) is 0. The summed E-state index contributed by atoms with van der Waals surface area (Å²) >= 11 is 1.44. The predicted octanol–water partition coefficient (Wildman–Crippen LogP) is 5.20. The van der Waals surface area contributed by atoms with E-state index in [1.807, 2.05) is 24.3 Å². The second kappa shape index (κ2) is 7.62. The molecule has 0 radical (unpaired) electrons. The summed E-state index contributed by atoms with van der Waals surface area (Å²) in [6.07, 6.45) is 3.71. The van der Waals surface area contributed by atoms with Gasteiger partial charge in [0.25, 0.3) is 0 Å². The van der Waals surface area contributed by atoms with Crippen LogP contribution in [0.1, 0.15) is 74.7 Å². The predicted molar refractivity (Wildman–Crippen MR) is 133 cm³/mol. The van der Waals surface area contributed by atoms with Crippen LogP contribution in [-0.2, 0) is 27.2 Å². The fraction of sp³-hybridized carbons (Fsp3) is 0.345. The van der Waals surface area contributed by atoms with Gasteiger partial charge in [0.1, 0.15) is 5.00 Å². The normalized spacial score (nSPS) is 25.7. The Kier molecular flexibility index (Phi) is 4.59. The molecule has 0 saturated carbocycles. The van der Waals surface area contributed by atoms with Crippen LogP contribution < -0.4 is 4.90 Å². The number of rotatable bonds is 3. The van der Waals surface area contributed by atoms with E-state index < -0.39 is 17.8 Å². The Labute approximate surface area is 207 Å². The minimum Gasteiger partial charge on any atom is -0.462 e. The third kappa shape index (κ3) is 2.72. The Bertz CT molecular complexity index is 1310. The van der Waals surface area contributed by atoms with E-state index in [0.29, 0.717) is 10.6 Å². The lowest BCUT2D eigenvalue weighted by atomic mass is 9.55. The van der Waals surface area contributed by atoms with Crippen molar-refractivity contribution in [2.75, 3.05) is 11.5 Å². The molecule has 35 heavy (non-hydrogen) atoms.